The predicted molar refractivity (Wildman–Crippen MR) is 76.9 cm³/mol. The van der Waals surface area contributed by atoms with Crippen molar-refractivity contribution in [1.82, 2.24) is 0 Å². The van der Waals surface area contributed by atoms with Gasteiger partial charge in [0.25, 0.3) is 0 Å². The van der Waals surface area contributed by atoms with Crippen molar-refractivity contribution in [1.29, 1.82) is 0 Å². The summed E-state index contributed by atoms with van der Waals surface area (Å²) in [7, 11) is 0. The van der Waals surface area contributed by atoms with Crippen LogP contribution in [0.1, 0.15) is 20.3 Å². The second-order valence-corrected chi connectivity index (χ2v) is 4.51. The van der Waals surface area contributed by atoms with Gasteiger partial charge in [0, 0.05) is 13.1 Å². The zero-order valence-corrected chi connectivity index (χ0v) is 11.5. The molecule has 0 unspecified atom stereocenters. The van der Waals surface area contributed by atoms with Crippen LogP contribution in [0, 0.1) is 0 Å². The Bertz CT molecular complexity index is 429. The fraction of sp³-hybridized carbons (Fsp3) is 0.400. The largest absolute Gasteiger partial charge is 0.489 e. The molecule has 0 saturated heterocycles. The van der Waals surface area contributed by atoms with Crippen LogP contribution in [0.25, 0.3) is 0 Å². The zero-order chi connectivity index (χ0) is 14.3. The molecule has 0 bridgehead atoms. The molecule has 0 fully saturated rings. The molecule has 4 nitrogen and oxygen atoms in total. The lowest BCUT2D eigenvalue weighted by molar-refractivity contribution is -0.136. The van der Waals surface area contributed by atoms with Gasteiger partial charge >= 0.3 is 5.97 Å². The van der Waals surface area contributed by atoms with Crippen molar-refractivity contribution < 1.29 is 14.6 Å². The Morgan fingerprint density at radius 2 is 2.16 bits per heavy atom. The van der Waals surface area contributed by atoms with Gasteiger partial charge in [0.05, 0.1) is 18.2 Å². The summed E-state index contributed by atoms with van der Waals surface area (Å²) in [6.07, 6.45) is 1.92. The lowest BCUT2D eigenvalue weighted by Gasteiger charge is -2.25. The van der Waals surface area contributed by atoms with Crippen molar-refractivity contribution in [3.05, 3.63) is 36.9 Å². The molecule has 0 aliphatic heterocycles. The van der Waals surface area contributed by atoms with Gasteiger partial charge < -0.3 is 14.7 Å². The molecule has 1 aromatic carbocycles. The first-order valence-corrected chi connectivity index (χ1v) is 6.38. The van der Waals surface area contributed by atoms with Gasteiger partial charge in [0.15, 0.2) is 0 Å². The number of anilines is 1. The second kappa shape index (κ2) is 7.46. The minimum atomic E-state index is -0.809. The maximum Gasteiger partial charge on any atom is 0.305 e. The van der Waals surface area contributed by atoms with Crippen LogP contribution in [0.4, 0.5) is 5.69 Å². The Morgan fingerprint density at radius 1 is 1.47 bits per heavy atom. The maximum absolute atomic E-state index is 10.7. The van der Waals surface area contributed by atoms with E-state index in [1.54, 1.807) is 6.08 Å². The average molecular weight is 263 g/mol. The smallest absolute Gasteiger partial charge is 0.305 e. The molecular formula is C15H21NO3. The van der Waals surface area contributed by atoms with E-state index in [1.165, 1.54) is 0 Å². The van der Waals surface area contributed by atoms with E-state index in [1.807, 2.05) is 43.0 Å². The monoisotopic (exact) mass is 263 g/mol. The molecule has 0 radical (unpaired) electrons. The van der Waals surface area contributed by atoms with Crippen LogP contribution in [-0.2, 0) is 4.79 Å². The number of carboxylic acid groups (broad SMARTS) is 1. The van der Waals surface area contributed by atoms with Crippen molar-refractivity contribution in [3.63, 3.8) is 0 Å². The SMILES string of the molecule is C=CCN(CCC(=O)O)c1ccccc1OC(C)C. The van der Waals surface area contributed by atoms with Gasteiger partial charge in [-0.2, -0.15) is 0 Å². The third kappa shape index (κ3) is 5.04. The van der Waals surface area contributed by atoms with E-state index in [9.17, 15) is 4.79 Å². The maximum atomic E-state index is 10.7. The van der Waals surface area contributed by atoms with E-state index >= 15 is 0 Å². The molecule has 0 saturated carbocycles. The van der Waals surface area contributed by atoms with Gasteiger partial charge in [-0.05, 0) is 26.0 Å². The highest BCUT2D eigenvalue weighted by atomic mass is 16.5. The number of hydrogen-bond donors (Lipinski definition) is 1. The highest BCUT2D eigenvalue weighted by Gasteiger charge is 2.13. The minimum Gasteiger partial charge on any atom is -0.489 e. The molecule has 0 heterocycles. The van der Waals surface area contributed by atoms with Crippen LogP contribution in [0.5, 0.6) is 5.75 Å². The number of ether oxygens (including phenoxy) is 1. The van der Waals surface area contributed by atoms with E-state index in [0.717, 1.165) is 11.4 Å². The molecule has 4 heteroatoms. The Hall–Kier alpha value is -1.97. The van der Waals surface area contributed by atoms with Gasteiger partial charge in [0.1, 0.15) is 5.75 Å². The quantitative estimate of drug-likeness (QED) is 0.733. The molecule has 0 spiro atoms. The van der Waals surface area contributed by atoms with Crippen molar-refractivity contribution in [2.75, 3.05) is 18.0 Å². The fourth-order valence-corrected chi connectivity index (χ4v) is 1.77. The first-order chi connectivity index (χ1) is 9.04. The Balaban J connectivity index is 2.93. The zero-order valence-electron chi connectivity index (χ0n) is 11.5. The minimum absolute atomic E-state index is 0.0752. The van der Waals surface area contributed by atoms with E-state index in [-0.39, 0.29) is 12.5 Å². The number of rotatable bonds is 8. The first-order valence-electron chi connectivity index (χ1n) is 6.38. The van der Waals surface area contributed by atoms with Crippen molar-refractivity contribution in [3.8, 4) is 5.75 Å². The molecule has 0 atom stereocenters. The number of carbonyl (C=O) groups is 1. The summed E-state index contributed by atoms with van der Waals surface area (Å²) in [5.74, 6) is -0.0407. The van der Waals surface area contributed by atoms with Crippen molar-refractivity contribution in [2.45, 2.75) is 26.4 Å². The van der Waals surface area contributed by atoms with Crippen molar-refractivity contribution >= 4 is 11.7 Å². The van der Waals surface area contributed by atoms with Gasteiger partial charge in [-0.15, -0.1) is 6.58 Å². The topological polar surface area (TPSA) is 49.8 Å². The van der Waals surface area contributed by atoms with Crippen LogP contribution in [0.2, 0.25) is 0 Å². The van der Waals surface area contributed by atoms with E-state index in [2.05, 4.69) is 6.58 Å². The van der Waals surface area contributed by atoms with Gasteiger partial charge in [-0.25, -0.2) is 0 Å². The van der Waals surface area contributed by atoms with E-state index in [0.29, 0.717) is 13.1 Å². The lowest BCUT2D eigenvalue weighted by atomic mass is 10.2. The van der Waals surface area contributed by atoms with Gasteiger partial charge in [-0.1, -0.05) is 18.2 Å². The summed E-state index contributed by atoms with van der Waals surface area (Å²) in [5, 5.41) is 8.81. The summed E-state index contributed by atoms with van der Waals surface area (Å²) >= 11 is 0. The summed E-state index contributed by atoms with van der Waals surface area (Å²) in [6.45, 7) is 8.66. The molecule has 0 amide bonds. The Morgan fingerprint density at radius 3 is 2.74 bits per heavy atom. The number of nitrogens with zero attached hydrogens (tertiary/aromatic N) is 1. The molecule has 19 heavy (non-hydrogen) atoms. The average Bonchev–Trinajstić information content (AvgIpc) is 2.34. The number of para-hydroxylation sites is 2. The second-order valence-electron chi connectivity index (χ2n) is 4.51. The van der Waals surface area contributed by atoms with Gasteiger partial charge in [-0.3, -0.25) is 4.79 Å². The molecule has 1 aromatic rings. The number of benzene rings is 1. The molecule has 0 aromatic heterocycles. The number of aliphatic carboxylic acids is 1. The Kier molecular flexibility index (Phi) is 5.93. The van der Waals surface area contributed by atoms with Gasteiger partial charge in [0.2, 0.25) is 0 Å². The molecule has 0 aliphatic rings. The lowest BCUT2D eigenvalue weighted by Crippen LogP contribution is -2.27. The Labute approximate surface area is 114 Å². The summed E-state index contributed by atoms with van der Waals surface area (Å²) in [4.78, 5) is 12.7. The standard InChI is InChI=1S/C15H21NO3/c1-4-10-16(11-9-15(17)18)13-7-5-6-8-14(13)19-12(2)3/h4-8,12H,1,9-11H2,2-3H3,(H,17,18). The number of carboxylic acids is 1. The third-order valence-electron chi connectivity index (χ3n) is 2.51. The molecule has 1 rings (SSSR count). The highest BCUT2D eigenvalue weighted by Crippen LogP contribution is 2.29. The summed E-state index contributed by atoms with van der Waals surface area (Å²) in [5.41, 5.74) is 0.900. The van der Waals surface area contributed by atoms with Crippen LogP contribution in [-0.4, -0.2) is 30.3 Å². The van der Waals surface area contributed by atoms with Crippen LogP contribution < -0.4 is 9.64 Å². The molecule has 0 aliphatic carbocycles. The third-order valence-corrected chi connectivity index (χ3v) is 2.51. The number of hydrogen-bond acceptors (Lipinski definition) is 3. The fourth-order valence-electron chi connectivity index (χ4n) is 1.77. The molecule has 104 valence electrons. The van der Waals surface area contributed by atoms with E-state index < -0.39 is 5.97 Å². The molecular weight excluding hydrogens is 242 g/mol. The van der Waals surface area contributed by atoms with Crippen LogP contribution in [0.3, 0.4) is 0 Å². The normalized spacial score (nSPS) is 10.3. The predicted octanol–water partition coefficient (Wildman–Crippen LogP) is 2.94. The van der Waals surface area contributed by atoms with Crippen LogP contribution >= 0.6 is 0 Å². The summed E-state index contributed by atoms with van der Waals surface area (Å²) in [6, 6.07) is 7.65. The van der Waals surface area contributed by atoms with Crippen molar-refractivity contribution in [2.24, 2.45) is 0 Å². The van der Waals surface area contributed by atoms with Crippen LogP contribution in [0.15, 0.2) is 36.9 Å². The molecule has 1 N–H and O–H groups in total. The van der Waals surface area contributed by atoms with E-state index in [4.69, 9.17) is 9.84 Å². The first kappa shape index (κ1) is 15.1. The summed E-state index contributed by atoms with van der Waals surface area (Å²) < 4.78 is 5.76. The highest BCUT2D eigenvalue weighted by molar-refractivity contribution is 5.68.